The van der Waals surface area contributed by atoms with Gasteiger partial charge in [0.1, 0.15) is 0 Å². The molecule has 0 spiro atoms. The van der Waals surface area contributed by atoms with Gasteiger partial charge in [-0.05, 0) is 6.42 Å². The zero-order chi connectivity index (χ0) is 9.68. The molecule has 0 saturated heterocycles. The maximum Gasteiger partial charge on any atom is 0.181 e. The Labute approximate surface area is 77.0 Å². The summed E-state index contributed by atoms with van der Waals surface area (Å²) in [6.45, 7) is 2.34. The Balaban J connectivity index is 2.59. The molecule has 0 radical (unpaired) electrons. The lowest BCUT2D eigenvalue weighted by atomic mass is 10.2. The van der Waals surface area contributed by atoms with E-state index in [1.165, 1.54) is 12.1 Å². The molecule has 0 saturated carbocycles. The van der Waals surface area contributed by atoms with Crippen molar-refractivity contribution < 1.29 is 4.79 Å². The van der Waals surface area contributed by atoms with Crippen LogP contribution in [0.1, 0.15) is 19.8 Å². The van der Waals surface area contributed by atoms with Gasteiger partial charge in [0.05, 0.1) is 6.54 Å². The molecule has 0 N–H and O–H groups in total. The van der Waals surface area contributed by atoms with Crippen LogP contribution in [0.15, 0.2) is 29.3 Å². The Morgan fingerprint density at radius 1 is 1.38 bits per heavy atom. The number of rotatable bonds is 4. The van der Waals surface area contributed by atoms with Crippen molar-refractivity contribution in [2.24, 2.45) is 0 Å². The monoisotopic (exact) mass is 179 g/mol. The number of ketones is 1. The van der Waals surface area contributed by atoms with Crippen molar-refractivity contribution in [3.63, 3.8) is 0 Å². The van der Waals surface area contributed by atoms with Crippen LogP contribution in [0.5, 0.6) is 0 Å². The topological polar surface area (TPSA) is 39.1 Å². The molecule has 0 aliphatic heterocycles. The lowest BCUT2D eigenvalue weighted by Crippen LogP contribution is -2.11. The van der Waals surface area contributed by atoms with Gasteiger partial charge in [-0.2, -0.15) is 0 Å². The van der Waals surface area contributed by atoms with Gasteiger partial charge in [-0.3, -0.25) is 9.59 Å². The third kappa shape index (κ3) is 3.23. The van der Waals surface area contributed by atoms with Crippen molar-refractivity contribution in [1.29, 1.82) is 0 Å². The Hall–Kier alpha value is -1.38. The molecule has 0 aromatic carbocycles. The minimum Gasteiger partial charge on any atom is -0.347 e. The number of Topliss-reactive ketones (excluding diaryl/α,β-unsaturated/α-hetero) is 1. The normalized spacial score (nSPS) is 9.92. The van der Waals surface area contributed by atoms with Crippen LogP contribution in [0.3, 0.4) is 0 Å². The molecule has 0 bridgehead atoms. The van der Waals surface area contributed by atoms with Crippen LogP contribution < -0.4 is 5.43 Å². The molecule has 1 aromatic rings. The van der Waals surface area contributed by atoms with Crippen molar-refractivity contribution in [3.8, 4) is 0 Å². The van der Waals surface area contributed by atoms with Crippen molar-refractivity contribution in [1.82, 2.24) is 4.57 Å². The van der Waals surface area contributed by atoms with Crippen LogP contribution in [0.4, 0.5) is 0 Å². The Kier molecular flexibility index (Phi) is 3.43. The van der Waals surface area contributed by atoms with Crippen molar-refractivity contribution in [2.45, 2.75) is 26.3 Å². The third-order valence-corrected chi connectivity index (χ3v) is 1.75. The van der Waals surface area contributed by atoms with E-state index >= 15 is 0 Å². The van der Waals surface area contributed by atoms with Gasteiger partial charge in [-0.15, -0.1) is 0 Å². The van der Waals surface area contributed by atoms with Gasteiger partial charge in [-0.1, -0.05) is 6.92 Å². The van der Waals surface area contributed by atoms with Crippen LogP contribution >= 0.6 is 0 Å². The molecular formula is C10H13NO2. The predicted molar refractivity (Wildman–Crippen MR) is 50.6 cm³/mol. The molecule has 3 nitrogen and oxygen atoms in total. The fourth-order valence-electron chi connectivity index (χ4n) is 1.11. The van der Waals surface area contributed by atoms with Gasteiger partial charge in [-0.25, -0.2) is 0 Å². The van der Waals surface area contributed by atoms with Crippen LogP contribution in [0.2, 0.25) is 0 Å². The van der Waals surface area contributed by atoms with E-state index in [0.717, 1.165) is 6.42 Å². The quantitative estimate of drug-likeness (QED) is 0.697. The van der Waals surface area contributed by atoms with E-state index in [1.807, 2.05) is 6.92 Å². The fourth-order valence-corrected chi connectivity index (χ4v) is 1.11. The molecule has 13 heavy (non-hydrogen) atoms. The summed E-state index contributed by atoms with van der Waals surface area (Å²) in [6, 6.07) is 2.92. The molecule has 0 aliphatic rings. The number of hydrogen-bond acceptors (Lipinski definition) is 2. The summed E-state index contributed by atoms with van der Waals surface area (Å²) in [5.41, 5.74) is -0.0285. The van der Waals surface area contributed by atoms with E-state index in [4.69, 9.17) is 0 Å². The van der Waals surface area contributed by atoms with E-state index in [9.17, 15) is 9.59 Å². The summed E-state index contributed by atoms with van der Waals surface area (Å²) in [4.78, 5) is 21.9. The highest BCUT2D eigenvalue weighted by atomic mass is 16.1. The van der Waals surface area contributed by atoms with Crippen molar-refractivity contribution >= 4 is 5.78 Å². The minimum absolute atomic E-state index is 0.0285. The zero-order valence-corrected chi connectivity index (χ0v) is 7.69. The molecule has 0 unspecified atom stereocenters. The van der Waals surface area contributed by atoms with Crippen LogP contribution in [-0.4, -0.2) is 10.4 Å². The first-order valence-electron chi connectivity index (χ1n) is 4.40. The van der Waals surface area contributed by atoms with Gasteiger partial charge >= 0.3 is 0 Å². The molecular weight excluding hydrogens is 166 g/mol. The van der Waals surface area contributed by atoms with Crippen LogP contribution in [0, 0.1) is 0 Å². The van der Waals surface area contributed by atoms with E-state index in [1.54, 1.807) is 17.0 Å². The number of carbonyl (C=O) groups excluding carboxylic acids is 1. The molecule has 0 atom stereocenters. The van der Waals surface area contributed by atoms with E-state index in [2.05, 4.69) is 0 Å². The number of hydrogen-bond donors (Lipinski definition) is 0. The number of pyridine rings is 1. The van der Waals surface area contributed by atoms with Crippen LogP contribution in [-0.2, 0) is 11.3 Å². The third-order valence-electron chi connectivity index (χ3n) is 1.75. The van der Waals surface area contributed by atoms with E-state index in [-0.39, 0.29) is 11.2 Å². The molecule has 0 fully saturated rings. The highest BCUT2D eigenvalue weighted by Crippen LogP contribution is 1.93. The number of aromatic nitrogens is 1. The molecule has 1 rings (SSSR count). The lowest BCUT2D eigenvalue weighted by molar-refractivity contribution is -0.119. The first-order valence-corrected chi connectivity index (χ1v) is 4.40. The number of nitrogens with zero attached hydrogens (tertiary/aromatic N) is 1. The summed E-state index contributed by atoms with van der Waals surface area (Å²) in [7, 11) is 0. The maximum atomic E-state index is 11.2. The van der Waals surface area contributed by atoms with E-state index < -0.39 is 0 Å². The zero-order valence-electron chi connectivity index (χ0n) is 7.69. The highest BCUT2D eigenvalue weighted by Gasteiger charge is 1.99. The van der Waals surface area contributed by atoms with E-state index in [0.29, 0.717) is 13.0 Å². The molecule has 1 heterocycles. The largest absolute Gasteiger partial charge is 0.347 e. The SMILES string of the molecule is CCCC(=O)Cn1ccc(=O)cc1. The van der Waals surface area contributed by atoms with Gasteiger partial charge in [0.25, 0.3) is 0 Å². The Morgan fingerprint density at radius 3 is 2.54 bits per heavy atom. The smallest absolute Gasteiger partial charge is 0.181 e. The standard InChI is InChI=1S/C10H13NO2/c1-2-3-10(13)8-11-6-4-9(12)5-7-11/h4-7H,2-3,8H2,1H3. The summed E-state index contributed by atoms with van der Waals surface area (Å²) < 4.78 is 1.72. The van der Waals surface area contributed by atoms with Crippen LogP contribution in [0.25, 0.3) is 0 Å². The highest BCUT2D eigenvalue weighted by molar-refractivity contribution is 5.78. The number of carbonyl (C=O) groups is 1. The lowest BCUT2D eigenvalue weighted by Gasteiger charge is -2.02. The van der Waals surface area contributed by atoms with Crippen molar-refractivity contribution in [3.05, 3.63) is 34.7 Å². The average molecular weight is 179 g/mol. The molecule has 3 heteroatoms. The maximum absolute atomic E-state index is 11.2. The first kappa shape index (κ1) is 9.71. The minimum atomic E-state index is -0.0285. The van der Waals surface area contributed by atoms with Gasteiger partial charge in [0, 0.05) is 30.9 Å². The molecule has 1 aromatic heterocycles. The molecule has 0 aliphatic carbocycles. The molecule has 0 amide bonds. The Bertz CT molecular complexity index is 321. The second-order valence-electron chi connectivity index (χ2n) is 2.99. The summed E-state index contributed by atoms with van der Waals surface area (Å²) >= 11 is 0. The Morgan fingerprint density at radius 2 is 2.00 bits per heavy atom. The van der Waals surface area contributed by atoms with Gasteiger partial charge in [0.15, 0.2) is 11.2 Å². The first-order chi connectivity index (χ1) is 6.22. The van der Waals surface area contributed by atoms with Gasteiger partial charge < -0.3 is 4.57 Å². The summed E-state index contributed by atoms with van der Waals surface area (Å²) in [6.07, 6.45) is 4.75. The molecule has 70 valence electrons. The second kappa shape index (κ2) is 4.60. The summed E-state index contributed by atoms with van der Waals surface area (Å²) in [5, 5.41) is 0. The fraction of sp³-hybridized carbons (Fsp3) is 0.400. The van der Waals surface area contributed by atoms with Gasteiger partial charge in [0.2, 0.25) is 0 Å². The second-order valence-corrected chi connectivity index (χ2v) is 2.99. The van der Waals surface area contributed by atoms with Crippen molar-refractivity contribution in [2.75, 3.05) is 0 Å². The predicted octanol–water partition coefficient (Wildman–Crippen LogP) is 1.22. The summed E-state index contributed by atoms with van der Waals surface area (Å²) in [5.74, 6) is 0.200. The average Bonchev–Trinajstić information content (AvgIpc) is 2.09.